The Morgan fingerprint density at radius 1 is 1.42 bits per heavy atom. The van der Waals surface area contributed by atoms with Crippen molar-refractivity contribution in [2.75, 3.05) is 46.9 Å². The van der Waals surface area contributed by atoms with Crippen molar-refractivity contribution < 1.29 is 9.47 Å². The number of para-hydroxylation sites is 1. The molecule has 0 spiro atoms. The Kier molecular flexibility index (Phi) is 5.63. The van der Waals surface area contributed by atoms with E-state index in [1.807, 2.05) is 12.1 Å². The lowest BCUT2D eigenvalue weighted by molar-refractivity contribution is -0.0179. The summed E-state index contributed by atoms with van der Waals surface area (Å²) < 4.78 is 11.1. The Balaban J connectivity index is 1.69. The molecular weight excluding hydrogens is 240 g/mol. The van der Waals surface area contributed by atoms with Crippen molar-refractivity contribution in [2.24, 2.45) is 0 Å². The van der Waals surface area contributed by atoms with Gasteiger partial charge in [0, 0.05) is 19.6 Å². The zero-order chi connectivity index (χ0) is 13.5. The molecule has 1 heterocycles. The molecule has 4 nitrogen and oxygen atoms in total. The monoisotopic (exact) mass is 264 g/mol. The van der Waals surface area contributed by atoms with Gasteiger partial charge in [0.15, 0.2) is 0 Å². The summed E-state index contributed by atoms with van der Waals surface area (Å²) in [6, 6.07) is 8.18. The summed E-state index contributed by atoms with van der Waals surface area (Å²) in [6.45, 7) is 4.76. The van der Waals surface area contributed by atoms with Crippen molar-refractivity contribution in [1.82, 2.24) is 10.2 Å². The third kappa shape index (κ3) is 4.49. The predicted molar refractivity (Wildman–Crippen MR) is 76.8 cm³/mol. The molecule has 106 valence electrons. The number of rotatable bonds is 6. The van der Waals surface area contributed by atoms with Crippen LogP contribution in [0.4, 0.5) is 0 Å². The number of hydrogen-bond acceptors (Lipinski definition) is 4. The number of morpholine rings is 1. The van der Waals surface area contributed by atoms with Crippen LogP contribution in [0.1, 0.15) is 5.56 Å². The average molecular weight is 264 g/mol. The molecule has 0 bridgehead atoms. The minimum absolute atomic E-state index is 0.316. The van der Waals surface area contributed by atoms with E-state index in [0.29, 0.717) is 6.10 Å². The summed E-state index contributed by atoms with van der Waals surface area (Å²) in [5.41, 5.74) is 1.25. The van der Waals surface area contributed by atoms with Gasteiger partial charge < -0.3 is 19.7 Å². The van der Waals surface area contributed by atoms with Crippen LogP contribution >= 0.6 is 0 Å². The third-order valence-electron chi connectivity index (χ3n) is 3.48. The smallest absolute Gasteiger partial charge is 0.122 e. The normalized spacial score (nSPS) is 20.4. The Hall–Kier alpha value is -1.10. The summed E-state index contributed by atoms with van der Waals surface area (Å²) in [7, 11) is 3.86. The maximum Gasteiger partial charge on any atom is 0.122 e. The Bertz CT molecular complexity index is 384. The van der Waals surface area contributed by atoms with Crippen molar-refractivity contribution >= 4 is 0 Å². The van der Waals surface area contributed by atoms with Gasteiger partial charge in [-0.05, 0) is 31.6 Å². The lowest BCUT2D eigenvalue weighted by Gasteiger charge is -2.30. The fraction of sp³-hybridized carbons (Fsp3) is 0.600. The molecule has 1 unspecified atom stereocenters. The first-order valence-electron chi connectivity index (χ1n) is 6.92. The van der Waals surface area contributed by atoms with Gasteiger partial charge in [0.25, 0.3) is 0 Å². The minimum atomic E-state index is 0.316. The van der Waals surface area contributed by atoms with Crippen LogP contribution in [0, 0.1) is 0 Å². The molecule has 1 aromatic rings. The number of benzene rings is 1. The molecule has 0 aromatic heterocycles. The van der Waals surface area contributed by atoms with Crippen LogP contribution in [0.2, 0.25) is 0 Å². The second-order valence-corrected chi connectivity index (χ2v) is 5.02. The van der Waals surface area contributed by atoms with Crippen LogP contribution in [0.25, 0.3) is 0 Å². The van der Waals surface area contributed by atoms with Gasteiger partial charge in [0.1, 0.15) is 5.75 Å². The average Bonchev–Trinajstić information content (AvgIpc) is 2.44. The molecule has 1 N–H and O–H groups in total. The van der Waals surface area contributed by atoms with E-state index in [1.165, 1.54) is 5.56 Å². The largest absolute Gasteiger partial charge is 0.496 e. The molecule has 1 saturated heterocycles. The third-order valence-corrected chi connectivity index (χ3v) is 3.48. The first-order valence-corrected chi connectivity index (χ1v) is 6.92. The number of ether oxygens (including phenoxy) is 2. The summed E-state index contributed by atoms with van der Waals surface area (Å²) in [5, 5.41) is 3.47. The van der Waals surface area contributed by atoms with Crippen LogP contribution in [-0.4, -0.2) is 57.9 Å². The fourth-order valence-corrected chi connectivity index (χ4v) is 2.39. The molecule has 4 heteroatoms. The minimum Gasteiger partial charge on any atom is -0.496 e. The number of nitrogens with one attached hydrogen (secondary N) is 1. The van der Waals surface area contributed by atoms with Gasteiger partial charge in [-0.3, -0.25) is 0 Å². The molecule has 0 radical (unpaired) electrons. The second kappa shape index (κ2) is 7.48. The highest BCUT2D eigenvalue weighted by Crippen LogP contribution is 2.17. The van der Waals surface area contributed by atoms with E-state index >= 15 is 0 Å². The van der Waals surface area contributed by atoms with Gasteiger partial charge in [0.05, 0.1) is 19.8 Å². The van der Waals surface area contributed by atoms with E-state index in [0.717, 1.165) is 45.0 Å². The Labute approximate surface area is 115 Å². The molecule has 0 aliphatic carbocycles. The van der Waals surface area contributed by atoms with Crippen molar-refractivity contribution in [3.05, 3.63) is 29.8 Å². The summed E-state index contributed by atoms with van der Waals surface area (Å²) >= 11 is 0. The highest BCUT2D eigenvalue weighted by atomic mass is 16.5. The Morgan fingerprint density at radius 2 is 2.26 bits per heavy atom. The molecule has 0 saturated carbocycles. The van der Waals surface area contributed by atoms with Gasteiger partial charge in [-0.2, -0.15) is 0 Å². The van der Waals surface area contributed by atoms with E-state index in [1.54, 1.807) is 7.11 Å². The maximum absolute atomic E-state index is 5.72. The zero-order valence-corrected chi connectivity index (χ0v) is 11.9. The van der Waals surface area contributed by atoms with Gasteiger partial charge in [-0.1, -0.05) is 18.2 Å². The van der Waals surface area contributed by atoms with Gasteiger partial charge in [-0.15, -0.1) is 0 Å². The molecule has 19 heavy (non-hydrogen) atoms. The molecular formula is C15H24N2O2. The van der Waals surface area contributed by atoms with Crippen LogP contribution in [0.15, 0.2) is 24.3 Å². The van der Waals surface area contributed by atoms with Gasteiger partial charge in [-0.25, -0.2) is 0 Å². The van der Waals surface area contributed by atoms with Crippen molar-refractivity contribution in [3.8, 4) is 5.75 Å². The number of methoxy groups -OCH3 is 1. The number of nitrogens with zero attached hydrogens (tertiary/aromatic N) is 1. The zero-order valence-electron chi connectivity index (χ0n) is 11.9. The SMILES string of the molecule is COc1ccccc1CCNCC1CN(C)CCO1. The van der Waals surface area contributed by atoms with Crippen LogP contribution in [0.5, 0.6) is 5.75 Å². The summed E-state index contributed by atoms with van der Waals surface area (Å²) in [6.07, 6.45) is 1.29. The number of likely N-dealkylation sites (N-methyl/N-ethyl adjacent to an activating group) is 1. The van der Waals surface area contributed by atoms with E-state index in [2.05, 4.69) is 29.4 Å². The quantitative estimate of drug-likeness (QED) is 0.782. The Morgan fingerprint density at radius 3 is 3.05 bits per heavy atom. The van der Waals surface area contributed by atoms with Crippen LogP contribution in [-0.2, 0) is 11.2 Å². The van der Waals surface area contributed by atoms with Crippen LogP contribution < -0.4 is 10.1 Å². The number of hydrogen-bond donors (Lipinski definition) is 1. The summed E-state index contributed by atoms with van der Waals surface area (Å²) in [4.78, 5) is 2.32. The fourth-order valence-electron chi connectivity index (χ4n) is 2.39. The van der Waals surface area contributed by atoms with E-state index in [4.69, 9.17) is 9.47 Å². The molecule has 1 aliphatic heterocycles. The van der Waals surface area contributed by atoms with Crippen LogP contribution in [0.3, 0.4) is 0 Å². The summed E-state index contributed by atoms with van der Waals surface area (Å²) in [5.74, 6) is 0.970. The maximum atomic E-state index is 5.72. The topological polar surface area (TPSA) is 33.7 Å². The van der Waals surface area contributed by atoms with Gasteiger partial charge >= 0.3 is 0 Å². The molecule has 2 rings (SSSR count). The van der Waals surface area contributed by atoms with E-state index < -0.39 is 0 Å². The standard InChI is InChI=1S/C15H24N2O2/c1-17-9-10-19-14(12-17)11-16-8-7-13-5-3-4-6-15(13)18-2/h3-6,14,16H,7-12H2,1-2H3. The molecule has 1 aromatic carbocycles. The first kappa shape index (κ1) is 14.3. The molecule has 0 amide bonds. The van der Waals surface area contributed by atoms with Gasteiger partial charge in [0.2, 0.25) is 0 Å². The lowest BCUT2D eigenvalue weighted by atomic mass is 10.1. The van der Waals surface area contributed by atoms with Crippen molar-refractivity contribution in [2.45, 2.75) is 12.5 Å². The molecule has 1 aliphatic rings. The molecule has 1 fully saturated rings. The highest BCUT2D eigenvalue weighted by molar-refractivity contribution is 5.33. The lowest BCUT2D eigenvalue weighted by Crippen LogP contribution is -2.45. The first-order chi connectivity index (χ1) is 9.29. The van der Waals surface area contributed by atoms with Crippen molar-refractivity contribution in [1.29, 1.82) is 0 Å². The highest BCUT2D eigenvalue weighted by Gasteiger charge is 2.16. The predicted octanol–water partition coefficient (Wildman–Crippen LogP) is 1.16. The second-order valence-electron chi connectivity index (χ2n) is 5.02. The van der Waals surface area contributed by atoms with E-state index in [-0.39, 0.29) is 0 Å². The van der Waals surface area contributed by atoms with E-state index in [9.17, 15) is 0 Å². The van der Waals surface area contributed by atoms with Crippen molar-refractivity contribution in [3.63, 3.8) is 0 Å². The molecule has 1 atom stereocenters.